The minimum absolute atomic E-state index is 0.268. The zero-order valence-corrected chi connectivity index (χ0v) is 11.1. The van der Waals surface area contributed by atoms with Crippen LogP contribution in [0.2, 0.25) is 5.02 Å². The highest BCUT2D eigenvalue weighted by Gasteiger charge is 2.03. The smallest absolute Gasteiger partial charge is 0.267 e. The molecule has 2 aromatic rings. The van der Waals surface area contributed by atoms with E-state index in [9.17, 15) is 4.79 Å². The summed E-state index contributed by atoms with van der Waals surface area (Å²) in [4.78, 5) is 15.6. The molecule has 4 nitrogen and oxygen atoms in total. The molecule has 0 atom stereocenters. The Morgan fingerprint density at radius 1 is 1.11 bits per heavy atom. The number of hydrogen-bond donors (Lipinski definition) is 1. The molecule has 0 unspecified atom stereocenters. The molecule has 96 valence electrons. The Kier molecular flexibility index (Phi) is 4.26. The third-order valence-corrected chi connectivity index (χ3v) is 2.78. The average Bonchev–Trinajstić information content (AvgIpc) is 2.46. The highest BCUT2D eigenvalue weighted by molar-refractivity contribution is 6.30. The molecule has 1 amide bonds. The summed E-state index contributed by atoms with van der Waals surface area (Å²) in [5.41, 5.74) is 4.63. The Labute approximate surface area is 116 Å². The minimum atomic E-state index is -0.268. The molecule has 0 aliphatic carbocycles. The van der Waals surface area contributed by atoms with Gasteiger partial charge in [-0.3, -0.25) is 9.78 Å². The first-order chi connectivity index (χ1) is 9.16. The fraction of sp³-hybridized carbons (Fsp3) is 0.0714. The molecule has 0 spiro atoms. The lowest BCUT2D eigenvalue weighted by molar-refractivity contribution is 0.0954. The predicted molar refractivity (Wildman–Crippen MR) is 75.4 cm³/mol. The van der Waals surface area contributed by atoms with Gasteiger partial charge in [-0.05, 0) is 36.8 Å². The molecule has 1 aromatic carbocycles. The van der Waals surface area contributed by atoms with Gasteiger partial charge in [0.15, 0.2) is 0 Å². The highest BCUT2D eigenvalue weighted by Crippen LogP contribution is 2.10. The first kappa shape index (κ1) is 13.2. The average molecular weight is 274 g/mol. The van der Waals surface area contributed by atoms with Gasteiger partial charge in [0.2, 0.25) is 0 Å². The van der Waals surface area contributed by atoms with Crippen LogP contribution in [0, 0.1) is 0 Å². The van der Waals surface area contributed by atoms with E-state index in [-0.39, 0.29) is 5.91 Å². The van der Waals surface area contributed by atoms with Crippen molar-refractivity contribution in [2.45, 2.75) is 6.92 Å². The van der Waals surface area contributed by atoms with Gasteiger partial charge in [0.05, 0.1) is 5.71 Å². The fourth-order valence-corrected chi connectivity index (χ4v) is 1.58. The minimum Gasteiger partial charge on any atom is -0.267 e. The molecule has 5 heteroatoms. The standard InChI is InChI=1S/C14H12ClN3O/c1-10(11-2-4-13(15)5-3-11)17-18-14(19)12-6-8-16-9-7-12/h2-9H,1H3,(H,18,19). The number of carbonyl (C=O) groups is 1. The second kappa shape index (κ2) is 6.11. The van der Waals surface area contributed by atoms with Crippen LogP contribution in [0.1, 0.15) is 22.8 Å². The van der Waals surface area contributed by atoms with Crippen molar-refractivity contribution in [1.29, 1.82) is 0 Å². The molecule has 0 bridgehead atoms. The topological polar surface area (TPSA) is 54.4 Å². The maximum absolute atomic E-state index is 11.8. The molecule has 0 aliphatic heterocycles. The van der Waals surface area contributed by atoms with E-state index in [1.807, 2.05) is 19.1 Å². The van der Waals surface area contributed by atoms with Gasteiger partial charge in [-0.25, -0.2) is 5.43 Å². The number of aromatic nitrogens is 1. The number of halogens is 1. The Morgan fingerprint density at radius 2 is 1.74 bits per heavy atom. The van der Waals surface area contributed by atoms with Gasteiger partial charge < -0.3 is 0 Å². The molecule has 2 rings (SSSR count). The van der Waals surface area contributed by atoms with Crippen LogP contribution in [-0.4, -0.2) is 16.6 Å². The summed E-state index contributed by atoms with van der Waals surface area (Å²) in [6, 6.07) is 10.5. The van der Waals surface area contributed by atoms with Gasteiger partial charge in [0, 0.05) is 23.0 Å². The second-order valence-corrected chi connectivity index (χ2v) is 4.32. The maximum atomic E-state index is 11.8. The van der Waals surface area contributed by atoms with E-state index >= 15 is 0 Å². The van der Waals surface area contributed by atoms with E-state index in [1.165, 1.54) is 0 Å². The molecule has 1 aromatic heterocycles. The van der Waals surface area contributed by atoms with Crippen molar-refractivity contribution in [3.05, 3.63) is 64.9 Å². The van der Waals surface area contributed by atoms with Crippen molar-refractivity contribution in [2.75, 3.05) is 0 Å². The first-order valence-corrected chi connectivity index (χ1v) is 6.05. The normalized spacial score (nSPS) is 11.2. The van der Waals surface area contributed by atoms with Gasteiger partial charge in [0.25, 0.3) is 5.91 Å². The summed E-state index contributed by atoms with van der Waals surface area (Å²) in [5.74, 6) is -0.268. The number of nitrogens with one attached hydrogen (secondary N) is 1. The number of hydrazone groups is 1. The molecule has 0 fully saturated rings. The van der Waals surface area contributed by atoms with Crippen LogP contribution in [0.5, 0.6) is 0 Å². The van der Waals surface area contributed by atoms with Crippen molar-refractivity contribution >= 4 is 23.2 Å². The largest absolute Gasteiger partial charge is 0.271 e. The van der Waals surface area contributed by atoms with E-state index in [0.29, 0.717) is 16.3 Å². The third-order valence-electron chi connectivity index (χ3n) is 2.53. The Bertz CT molecular complexity index is 594. The van der Waals surface area contributed by atoms with Crippen LogP contribution in [0.3, 0.4) is 0 Å². The third kappa shape index (κ3) is 3.63. The molecule has 0 aliphatic rings. The molecular formula is C14H12ClN3O. The summed E-state index contributed by atoms with van der Waals surface area (Å²) in [7, 11) is 0. The number of benzene rings is 1. The number of rotatable bonds is 3. The van der Waals surface area contributed by atoms with Crippen LogP contribution in [-0.2, 0) is 0 Å². The van der Waals surface area contributed by atoms with Crippen LogP contribution in [0.4, 0.5) is 0 Å². The van der Waals surface area contributed by atoms with Gasteiger partial charge in [-0.2, -0.15) is 5.10 Å². The van der Waals surface area contributed by atoms with E-state index < -0.39 is 0 Å². The van der Waals surface area contributed by atoms with Crippen molar-refractivity contribution in [1.82, 2.24) is 10.4 Å². The summed E-state index contributed by atoms with van der Waals surface area (Å²) in [5, 5.41) is 4.72. The predicted octanol–water partition coefficient (Wildman–Crippen LogP) is 2.89. The lowest BCUT2D eigenvalue weighted by Gasteiger charge is -2.03. The zero-order valence-electron chi connectivity index (χ0n) is 10.3. The first-order valence-electron chi connectivity index (χ1n) is 5.67. The Morgan fingerprint density at radius 3 is 2.37 bits per heavy atom. The van der Waals surface area contributed by atoms with Crippen LogP contribution >= 0.6 is 11.6 Å². The highest BCUT2D eigenvalue weighted by atomic mass is 35.5. The number of nitrogens with zero attached hydrogens (tertiary/aromatic N) is 2. The SMILES string of the molecule is CC(=NNC(=O)c1ccncc1)c1ccc(Cl)cc1. The quantitative estimate of drug-likeness (QED) is 0.690. The molecular weight excluding hydrogens is 262 g/mol. The molecule has 19 heavy (non-hydrogen) atoms. The molecule has 0 saturated heterocycles. The summed E-state index contributed by atoms with van der Waals surface area (Å²) >= 11 is 5.81. The Balaban J connectivity index is 2.06. The van der Waals surface area contributed by atoms with Crippen molar-refractivity contribution in [2.24, 2.45) is 5.10 Å². The summed E-state index contributed by atoms with van der Waals surface area (Å²) < 4.78 is 0. The number of amides is 1. The van der Waals surface area contributed by atoms with Crippen molar-refractivity contribution in [3.8, 4) is 0 Å². The monoisotopic (exact) mass is 273 g/mol. The van der Waals surface area contributed by atoms with E-state index in [2.05, 4.69) is 15.5 Å². The molecule has 1 N–H and O–H groups in total. The lowest BCUT2D eigenvalue weighted by atomic mass is 10.1. The zero-order chi connectivity index (χ0) is 13.7. The fourth-order valence-electron chi connectivity index (χ4n) is 1.46. The van der Waals surface area contributed by atoms with Crippen LogP contribution in [0.15, 0.2) is 53.9 Å². The molecule has 0 radical (unpaired) electrons. The number of pyridine rings is 1. The van der Waals surface area contributed by atoms with Gasteiger partial charge in [-0.1, -0.05) is 23.7 Å². The molecule has 1 heterocycles. The van der Waals surface area contributed by atoms with Crippen LogP contribution < -0.4 is 5.43 Å². The van der Waals surface area contributed by atoms with Gasteiger partial charge >= 0.3 is 0 Å². The van der Waals surface area contributed by atoms with Crippen molar-refractivity contribution < 1.29 is 4.79 Å². The number of hydrogen-bond acceptors (Lipinski definition) is 3. The van der Waals surface area contributed by atoms with Crippen LogP contribution in [0.25, 0.3) is 0 Å². The summed E-state index contributed by atoms with van der Waals surface area (Å²) in [6.07, 6.45) is 3.12. The van der Waals surface area contributed by atoms with Gasteiger partial charge in [0.1, 0.15) is 0 Å². The van der Waals surface area contributed by atoms with E-state index in [1.54, 1.807) is 36.7 Å². The van der Waals surface area contributed by atoms with E-state index in [0.717, 1.165) is 5.56 Å². The lowest BCUT2D eigenvalue weighted by Crippen LogP contribution is -2.19. The second-order valence-electron chi connectivity index (χ2n) is 3.88. The molecule has 0 saturated carbocycles. The number of carbonyl (C=O) groups excluding carboxylic acids is 1. The maximum Gasteiger partial charge on any atom is 0.271 e. The Hall–Kier alpha value is -2.20. The van der Waals surface area contributed by atoms with E-state index in [4.69, 9.17) is 11.6 Å². The summed E-state index contributed by atoms with van der Waals surface area (Å²) in [6.45, 7) is 1.82. The van der Waals surface area contributed by atoms with Gasteiger partial charge in [-0.15, -0.1) is 0 Å². The van der Waals surface area contributed by atoms with Crippen molar-refractivity contribution in [3.63, 3.8) is 0 Å².